The SMILES string of the molecule is CCOC(=O)[C@@]12CC1/C=C\CCCCC[C@H](NC(=O)OC(C)(C)C)C(=O)N1C[C@H](C)C[C@H]1C(=O)N2. The molecule has 5 atom stereocenters. The van der Waals surface area contributed by atoms with Gasteiger partial charge in [-0.25, -0.2) is 9.59 Å². The van der Waals surface area contributed by atoms with Crippen LogP contribution in [0.1, 0.15) is 79.6 Å². The van der Waals surface area contributed by atoms with E-state index in [4.69, 9.17) is 9.47 Å². The van der Waals surface area contributed by atoms with E-state index in [9.17, 15) is 19.2 Å². The van der Waals surface area contributed by atoms with Crippen molar-refractivity contribution >= 4 is 23.9 Å². The fraction of sp³-hybridized carbons (Fsp3) is 0.769. The maximum absolute atomic E-state index is 13.6. The van der Waals surface area contributed by atoms with E-state index in [0.29, 0.717) is 25.8 Å². The Morgan fingerprint density at radius 2 is 1.97 bits per heavy atom. The van der Waals surface area contributed by atoms with Gasteiger partial charge in [-0.15, -0.1) is 0 Å². The van der Waals surface area contributed by atoms with E-state index in [1.807, 2.05) is 13.0 Å². The standard InChI is InChI=1S/C26H41N3O6/c1-6-34-23(32)26-15-18(26)12-10-8-7-9-11-13-19(27-24(33)35-25(3,4)5)22(31)29-16-17(2)14-20(29)21(30)28-26/h10,12,17-20H,6-9,11,13-16H2,1-5H3,(H,27,33)(H,28,30)/b12-10-/t17-,18?,19+,20+,26-/m1/s1. The zero-order valence-corrected chi connectivity index (χ0v) is 21.7. The second-order valence-corrected chi connectivity index (χ2v) is 11.1. The number of carbonyl (C=O) groups is 4. The van der Waals surface area contributed by atoms with E-state index in [2.05, 4.69) is 16.7 Å². The molecular weight excluding hydrogens is 450 g/mol. The number of ether oxygens (including phenoxy) is 2. The van der Waals surface area contributed by atoms with Crippen LogP contribution in [0, 0.1) is 11.8 Å². The van der Waals surface area contributed by atoms with Crippen LogP contribution < -0.4 is 10.6 Å². The fourth-order valence-electron chi connectivity index (χ4n) is 5.01. The van der Waals surface area contributed by atoms with Crippen molar-refractivity contribution in [2.24, 2.45) is 11.8 Å². The number of allylic oxidation sites excluding steroid dienone is 1. The Labute approximate surface area is 208 Å². The fourth-order valence-corrected chi connectivity index (χ4v) is 5.01. The number of hydrogen-bond donors (Lipinski definition) is 2. The third-order valence-corrected chi connectivity index (χ3v) is 6.82. The largest absolute Gasteiger partial charge is 0.464 e. The molecule has 1 aliphatic carbocycles. The van der Waals surface area contributed by atoms with Crippen molar-refractivity contribution in [3.8, 4) is 0 Å². The lowest BCUT2D eigenvalue weighted by molar-refractivity contribution is -0.150. The highest BCUT2D eigenvalue weighted by Gasteiger charge is 2.62. The highest BCUT2D eigenvalue weighted by Crippen LogP contribution is 2.46. The molecule has 3 rings (SSSR count). The van der Waals surface area contributed by atoms with Gasteiger partial charge in [0, 0.05) is 12.5 Å². The first-order chi connectivity index (χ1) is 16.5. The predicted octanol–water partition coefficient (Wildman–Crippen LogP) is 3.08. The molecule has 1 unspecified atom stereocenters. The molecule has 0 aromatic carbocycles. The maximum atomic E-state index is 13.6. The van der Waals surface area contributed by atoms with Crippen LogP contribution in [-0.2, 0) is 23.9 Å². The summed E-state index contributed by atoms with van der Waals surface area (Å²) in [4.78, 5) is 53.9. The Kier molecular flexibility index (Phi) is 8.49. The highest BCUT2D eigenvalue weighted by atomic mass is 16.6. The van der Waals surface area contributed by atoms with Gasteiger partial charge in [0.2, 0.25) is 11.8 Å². The van der Waals surface area contributed by atoms with Crippen molar-refractivity contribution in [3.63, 3.8) is 0 Å². The third-order valence-electron chi connectivity index (χ3n) is 6.82. The molecule has 1 saturated heterocycles. The summed E-state index contributed by atoms with van der Waals surface area (Å²) in [7, 11) is 0. The lowest BCUT2D eigenvalue weighted by Gasteiger charge is -2.30. The first-order valence-electron chi connectivity index (χ1n) is 12.9. The minimum atomic E-state index is -1.07. The zero-order valence-electron chi connectivity index (χ0n) is 21.7. The van der Waals surface area contributed by atoms with Crippen molar-refractivity contribution in [2.45, 2.75) is 103 Å². The number of hydrogen-bond acceptors (Lipinski definition) is 6. The first-order valence-corrected chi connectivity index (χ1v) is 12.9. The van der Waals surface area contributed by atoms with Crippen LogP contribution in [0.2, 0.25) is 0 Å². The van der Waals surface area contributed by atoms with Crippen molar-refractivity contribution in [3.05, 3.63) is 12.2 Å². The summed E-state index contributed by atoms with van der Waals surface area (Å²) in [6.45, 7) is 9.69. The molecule has 0 spiro atoms. The van der Waals surface area contributed by atoms with Gasteiger partial charge in [-0.05, 0) is 65.7 Å². The van der Waals surface area contributed by atoms with Gasteiger partial charge in [0.15, 0.2) is 0 Å². The molecular formula is C26H41N3O6. The molecule has 1 saturated carbocycles. The molecule has 0 aromatic rings. The van der Waals surface area contributed by atoms with Gasteiger partial charge in [0.25, 0.3) is 0 Å². The van der Waals surface area contributed by atoms with Crippen LogP contribution in [0.4, 0.5) is 4.79 Å². The maximum Gasteiger partial charge on any atom is 0.408 e. The number of rotatable bonds is 3. The molecule has 0 radical (unpaired) electrons. The summed E-state index contributed by atoms with van der Waals surface area (Å²) in [6.07, 6.45) is 8.30. The predicted molar refractivity (Wildman–Crippen MR) is 130 cm³/mol. The molecule has 35 heavy (non-hydrogen) atoms. The Morgan fingerprint density at radius 1 is 1.23 bits per heavy atom. The Hall–Kier alpha value is -2.58. The van der Waals surface area contributed by atoms with E-state index in [1.165, 1.54) is 0 Å². The van der Waals surface area contributed by atoms with Crippen molar-refractivity contribution in [1.29, 1.82) is 0 Å². The van der Waals surface area contributed by atoms with Gasteiger partial charge < -0.3 is 25.0 Å². The molecule has 0 bridgehead atoms. The van der Waals surface area contributed by atoms with Crippen molar-refractivity contribution in [2.75, 3.05) is 13.2 Å². The van der Waals surface area contributed by atoms with Crippen LogP contribution in [0.3, 0.4) is 0 Å². The van der Waals surface area contributed by atoms with E-state index in [0.717, 1.165) is 25.7 Å². The molecule has 3 amide bonds. The summed E-state index contributed by atoms with van der Waals surface area (Å²) in [5.41, 5.74) is -1.76. The first kappa shape index (κ1) is 27.0. The molecule has 196 valence electrons. The van der Waals surface area contributed by atoms with Crippen LogP contribution in [-0.4, -0.2) is 65.2 Å². The summed E-state index contributed by atoms with van der Waals surface area (Å²) < 4.78 is 10.7. The molecule has 9 nitrogen and oxygen atoms in total. The molecule has 2 heterocycles. The second-order valence-electron chi connectivity index (χ2n) is 11.1. The number of esters is 1. The summed E-state index contributed by atoms with van der Waals surface area (Å²) >= 11 is 0. The van der Waals surface area contributed by atoms with E-state index in [1.54, 1.807) is 32.6 Å². The van der Waals surface area contributed by atoms with Crippen LogP contribution >= 0.6 is 0 Å². The number of amides is 3. The Bertz CT molecular complexity index is 851. The Balaban J connectivity index is 1.84. The van der Waals surface area contributed by atoms with E-state index >= 15 is 0 Å². The summed E-state index contributed by atoms with van der Waals surface area (Å²) in [5, 5.41) is 5.70. The monoisotopic (exact) mass is 491 g/mol. The number of nitrogens with one attached hydrogen (secondary N) is 2. The van der Waals surface area contributed by atoms with Crippen molar-refractivity contribution < 1.29 is 28.7 Å². The van der Waals surface area contributed by atoms with Gasteiger partial charge in [0.05, 0.1) is 6.61 Å². The van der Waals surface area contributed by atoms with Gasteiger partial charge in [-0.1, -0.05) is 31.9 Å². The molecule has 3 aliphatic rings. The zero-order chi connectivity index (χ0) is 25.8. The van der Waals surface area contributed by atoms with Crippen LogP contribution in [0.15, 0.2) is 12.2 Å². The number of fused-ring (bicyclic) bond motifs is 2. The minimum absolute atomic E-state index is 0.111. The topological polar surface area (TPSA) is 114 Å². The smallest absolute Gasteiger partial charge is 0.408 e. The normalized spacial score (nSPS) is 32.8. The summed E-state index contributed by atoms with van der Waals surface area (Å²) in [5.74, 6) is -1.06. The van der Waals surface area contributed by atoms with E-state index in [-0.39, 0.29) is 30.3 Å². The average molecular weight is 492 g/mol. The molecule has 0 aromatic heterocycles. The Morgan fingerprint density at radius 3 is 2.66 bits per heavy atom. The van der Waals surface area contributed by atoms with E-state index < -0.39 is 35.3 Å². The van der Waals surface area contributed by atoms with Gasteiger partial charge in [-0.2, -0.15) is 0 Å². The minimum Gasteiger partial charge on any atom is -0.464 e. The molecule has 2 aliphatic heterocycles. The summed E-state index contributed by atoms with van der Waals surface area (Å²) in [6, 6.07) is -1.49. The highest BCUT2D eigenvalue weighted by molar-refractivity contribution is 5.96. The number of carbonyl (C=O) groups excluding carboxylic acids is 4. The van der Waals surface area contributed by atoms with Gasteiger partial charge in [-0.3, -0.25) is 9.59 Å². The number of alkyl carbamates (subject to hydrolysis) is 1. The third kappa shape index (κ3) is 6.76. The van der Waals surface area contributed by atoms with Crippen LogP contribution in [0.25, 0.3) is 0 Å². The molecule has 2 N–H and O–H groups in total. The lowest BCUT2D eigenvalue weighted by Crippen LogP contribution is -2.56. The lowest BCUT2D eigenvalue weighted by atomic mass is 10.0. The van der Waals surface area contributed by atoms with Crippen molar-refractivity contribution in [1.82, 2.24) is 15.5 Å². The average Bonchev–Trinajstić information content (AvgIpc) is 3.30. The quantitative estimate of drug-likeness (QED) is 0.463. The number of nitrogens with zero attached hydrogens (tertiary/aromatic N) is 1. The molecule has 2 fully saturated rings. The van der Waals surface area contributed by atoms with Gasteiger partial charge in [0.1, 0.15) is 23.2 Å². The molecule has 9 heteroatoms. The van der Waals surface area contributed by atoms with Crippen LogP contribution in [0.5, 0.6) is 0 Å². The van der Waals surface area contributed by atoms with Gasteiger partial charge >= 0.3 is 12.1 Å². The second kappa shape index (κ2) is 11.0.